The Kier molecular flexibility index (Phi) is 5.71. The summed E-state index contributed by atoms with van der Waals surface area (Å²) in [7, 11) is 1.45. The highest BCUT2D eigenvalue weighted by Crippen LogP contribution is 2.28. The summed E-state index contributed by atoms with van der Waals surface area (Å²) in [5.74, 6) is -1.04. The van der Waals surface area contributed by atoms with Crippen LogP contribution in [0.3, 0.4) is 0 Å². The van der Waals surface area contributed by atoms with E-state index in [1.54, 1.807) is 49.4 Å². The molecule has 0 radical (unpaired) electrons. The third-order valence-electron chi connectivity index (χ3n) is 4.69. The molecule has 0 unspecified atom stereocenters. The van der Waals surface area contributed by atoms with Crippen molar-refractivity contribution in [3.8, 4) is 5.75 Å². The van der Waals surface area contributed by atoms with Crippen molar-refractivity contribution in [3.63, 3.8) is 0 Å². The van der Waals surface area contributed by atoms with Gasteiger partial charge >= 0.3 is 11.6 Å². The Morgan fingerprint density at radius 3 is 2.75 bits per heavy atom. The fraction of sp³-hybridized carbons (Fsp3) is 0.130. The number of rotatable bonds is 5. The number of ether oxygens (including phenoxy) is 2. The van der Waals surface area contributed by atoms with Gasteiger partial charge in [0.2, 0.25) is 0 Å². The van der Waals surface area contributed by atoms with Crippen molar-refractivity contribution in [3.05, 3.63) is 75.9 Å². The summed E-state index contributed by atoms with van der Waals surface area (Å²) in [6, 6.07) is 13.5. The average Bonchev–Trinajstić information content (AvgIpc) is 2.97. The minimum absolute atomic E-state index is 0.00301. The van der Waals surface area contributed by atoms with Crippen molar-refractivity contribution in [2.45, 2.75) is 6.92 Å². The number of para-hydroxylation sites is 3. The Labute approximate surface area is 182 Å². The molecule has 32 heavy (non-hydrogen) atoms. The molecule has 4 rings (SSSR count). The molecule has 1 aromatic heterocycles. The molecule has 0 fully saturated rings. The van der Waals surface area contributed by atoms with Crippen molar-refractivity contribution < 1.29 is 23.5 Å². The predicted octanol–water partition coefficient (Wildman–Crippen LogP) is 3.13. The number of carbonyl (C=O) groups is 2. The van der Waals surface area contributed by atoms with Crippen LogP contribution in [-0.4, -0.2) is 31.8 Å². The SMILES string of the molecule is CCOC(=O)C1=C(NC(=O)c2cc3cccc(OC)c3oc2=O)Nc2ccccc2N=C1. The first kappa shape index (κ1) is 20.9. The Balaban J connectivity index is 1.74. The summed E-state index contributed by atoms with van der Waals surface area (Å²) in [5.41, 5.74) is 0.280. The van der Waals surface area contributed by atoms with Crippen molar-refractivity contribution >= 4 is 40.4 Å². The first-order chi connectivity index (χ1) is 15.5. The van der Waals surface area contributed by atoms with E-state index in [1.807, 2.05) is 0 Å². The molecule has 0 atom stereocenters. The molecule has 9 heteroatoms. The number of methoxy groups -OCH3 is 1. The second-order valence-corrected chi connectivity index (χ2v) is 6.69. The molecule has 1 aliphatic heterocycles. The number of fused-ring (bicyclic) bond motifs is 2. The molecule has 0 saturated carbocycles. The van der Waals surface area contributed by atoms with E-state index in [-0.39, 0.29) is 29.1 Å². The maximum absolute atomic E-state index is 13.0. The smallest absolute Gasteiger partial charge is 0.349 e. The van der Waals surface area contributed by atoms with Gasteiger partial charge < -0.3 is 24.5 Å². The number of aliphatic imine (C=N–C) groups is 1. The number of carbonyl (C=O) groups excluding carboxylic acids is 2. The summed E-state index contributed by atoms with van der Waals surface area (Å²) in [6.45, 7) is 1.81. The summed E-state index contributed by atoms with van der Waals surface area (Å²) in [6.07, 6.45) is 1.31. The summed E-state index contributed by atoms with van der Waals surface area (Å²) in [4.78, 5) is 42.3. The zero-order chi connectivity index (χ0) is 22.7. The van der Waals surface area contributed by atoms with Gasteiger partial charge in [0.25, 0.3) is 5.91 Å². The van der Waals surface area contributed by atoms with Crippen molar-refractivity contribution in [2.75, 3.05) is 19.0 Å². The Bertz CT molecular complexity index is 1340. The number of anilines is 1. The van der Waals surface area contributed by atoms with E-state index in [2.05, 4.69) is 15.6 Å². The van der Waals surface area contributed by atoms with E-state index < -0.39 is 17.5 Å². The molecule has 2 aromatic carbocycles. The summed E-state index contributed by atoms with van der Waals surface area (Å²) < 4.78 is 15.6. The predicted molar refractivity (Wildman–Crippen MR) is 118 cm³/mol. The average molecular weight is 433 g/mol. The van der Waals surface area contributed by atoms with Gasteiger partial charge in [-0.1, -0.05) is 24.3 Å². The van der Waals surface area contributed by atoms with Crippen LogP contribution in [0.15, 0.2) is 74.1 Å². The van der Waals surface area contributed by atoms with Gasteiger partial charge in [0.1, 0.15) is 17.0 Å². The number of hydrogen-bond donors (Lipinski definition) is 2. The normalized spacial score (nSPS) is 12.6. The fourth-order valence-electron chi connectivity index (χ4n) is 3.17. The lowest BCUT2D eigenvalue weighted by Crippen LogP contribution is -2.33. The highest BCUT2D eigenvalue weighted by Gasteiger charge is 2.23. The van der Waals surface area contributed by atoms with Crippen molar-refractivity contribution in [1.82, 2.24) is 5.32 Å². The van der Waals surface area contributed by atoms with Crippen LogP contribution in [-0.2, 0) is 9.53 Å². The van der Waals surface area contributed by atoms with Crippen LogP contribution >= 0.6 is 0 Å². The van der Waals surface area contributed by atoms with Gasteiger partial charge in [-0.3, -0.25) is 9.79 Å². The number of nitrogens with zero attached hydrogens (tertiary/aromatic N) is 1. The monoisotopic (exact) mass is 433 g/mol. The van der Waals surface area contributed by atoms with Crippen LogP contribution < -0.4 is 21.0 Å². The first-order valence-corrected chi connectivity index (χ1v) is 9.75. The number of hydrogen-bond acceptors (Lipinski definition) is 8. The van der Waals surface area contributed by atoms with Crippen LogP contribution in [0.4, 0.5) is 11.4 Å². The standard InChI is InChI=1S/C23H19N3O6/c1-3-31-22(28)15-12-24-16-8-4-5-9-17(16)25-20(15)26-21(27)14-11-13-7-6-10-18(30-2)19(13)32-23(14)29/h4-12,25H,3H2,1-2H3,(H,26,27). The molecular formula is C23H19N3O6. The summed E-state index contributed by atoms with van der Waals surface area (Å²) in [5, 5.41) is 6.09. The Hall–Kier alpha value is -4.40. The number of amides is 1. The second-order valence-electron chi connectivity index (χ2n) is 6.69. The molecule has 2 N–H and O–H groups in total. The lowest BCUT2D eigenvalue weighted by atomic mass is 10.1. The second kappa shape index (κ2) is 8.76. The van der Waals surface area contributed by atoms with Gasteiger partial charge in [-0.15, -0.1) is 0 Å². The molecule has 0 bridgehead atoms. The molecule has 1 aliphatic rings. The number of benzene rings is 2. The molecule has 162 valence electrons. The van der Waals surface area contributed by atoms with Crippen LogP contribution in [0.2, 0.25) is 0 Å². The Morgan fingerprint density at radius 2 is 1.97 bits per heavy atom. The molecule has 9 nitrogen and oxygen atoms in total. The van der Waals surface area contributed by atoms with E-state index in [0.29, 0.717) is 22.5 Å². The molecule has 3 aromatic rings. The lowest BCUT2D eigenvalue weighted by molar-refractivity contribution is -0.137. The first-order valence-electron chi connectivity index (χ1n) is 9.75. The molecule has 2 heterocycles. The van der Waals surface area contributed by atoms with Crippen LogP contribution in [0.5, 0.6) is 5.75 Å². The highest BCUT2D eigenvalue weighted by atomic mass is 16.5. The molecule has 1 amide bonds. The Morgan fingerprint density at radius 1 is 1.16 bits per heavy atom. The van der Waals surface area contributed by atoms with E-state index in [0.717, 1.165) is 0 Å². The van der Waals surface area contributed by atoms with Gasteiger partial charge in [-0.2, -0.15) is 0 Å². The maximum atomic E-state index is 13.0. The van der Waals surface area contributed by atoms with E-state index >= 15 is 0 Å². The van der Waals surface area contributed by atoms with Gasteiger partial charge in [0, 0.05) is 11.6 Å². The van der Waals surface area contributed by atoms with Crippen LogP contribution in [0, 0.1) is 0 Å². The van der Waals surface area contributed by atoms with Crippen molar-refractivity contribution in [2.24, 2.45) is 4.99 Å². The zero-order valence-electron chi connectivity index (χ0n) is 17.3. The van der Waals surface area contributed by atoms with Gasteiger partial charge in [0.05, 0.1) is 25.1 Å². The minimum Gasteiger partial charge on any atom is -0.493 e. The molecular weight excluding hydrogens is 414 g/mol. The summed E-state index contributed by atoms with van der Waals surface area (Å²) >= 11 is 0. The molecule has 0 spiro atoms. The molecule has 0 saturated heterocycles. The topological polar surface area (TPSA) is 119 Å². The molecule has 0 aliphatic carbocycles. The van der Waals surface area contributed by atoms with Crippen LogP contribution in [0.1, 0.15) is 17.3 Å². The fourth-order valence-corrected chi connectivity index (χ4v) is 3.17. The third kappa shape index (κ3) is 3.95. The maximum Gasteiger partial charge on any atom is 0.349 e. The number of nitrogens with one attached hydrogen (secondary N) is 2. The number of esters is 1. The van der Waals surface area contributed by atoms with E-state index in [9.17, 15) is 14.4 Å². The quantitative estimate of drug-likeness (QED) is 0.469. The zero-order valence-corrected chi connectivity index (χ0v) is 17.3. The van der Waals surface area contributed by atoms with Crippen molar-refractivity contribution in [1.29, 1.82) is 0 Å². The van der Waals surface area contributed by atoms with Gasteiger partial charge in [-0.25, -0.2) is 9.59 Å². The van der Waals surface area contributed by atoms with Gasteiger partial charge in [-0.05, 0) is 31.2 Å². The highest BCUT2D eigenvalue weighted by molar-refractivity contribution is 6.13. The largest absolute Gasteiger partial charge is 0.493 e. The van der Waals surface area contributed by atoms with Crippen LogP contribution in [0.25, 0.3) is 11.0 Å². The van der Waals surface area contributed by atoms with Gasteiger partial charge in [0.15, 0.2) is 11.3 Å². The van der Waals surface area contributed by atoms with E-state index in [4.69, 9.17) is 13.9 Å². The minimum atomic E-state index is -0.847. The lowest BCUT2D eigenvalue weighted by Gasteiger charge is -2.14. The third-order valence-corrected chi connectivity index (χ3v) is 4.69. The van der Waals surface area contributed by atoms with E-state index in [1.165, 1.54) is 19.4 Å².